The van der Waals surface area contributed by atoms with Crippen LogP contribution < -0.4 is 5.73 Å². The van der Waals surface area contributed by atoms with Gasteiger partial charge in [0.2, 0.25) is 0 Å². The molecular weight excluding hydrogens is 206 g/mol. The summed E-state index contributed by atoms with van der Waals surface area (Å²) in [7, 11) is 0. The Morgan fingerprint density at radius 3 is 2.65 bits per heavy atom. The molecule has 17 heavy (non-hydrogen) atoms. The summed E-state index contributed by atoms with van der Waals surface area (Å²) in [5.41, 5.74) is 10.6. The molecule has 0 bridgehead atoms. The summed E-state index contributed by atoms with van der Waals surface area (Å²) in [4.78, 5) is 0. The number of rotatable bonds is 2. The molecule has 1 aliphatic carbocycles. The van der Waals surface area contributed by atoms with Crippen LogP contribution in [-0.2, 0) is 0 Å². The Bertz CT molecular complexity index is 383. The zero-order chi connectivity index (χ0) is 12.4. The van der Waals surface area contributed by atoms with Gasteiger partial charge in [-0.15, -0.1) is 0 Å². The fourth-order valence-electron chi connectivity index (χ4n) is 3.25. The summed E-state index contributed by atoms with van der Waals surface area (Å²) in [6.45, 7) is 6.69. The minimum Gasteiger partial charge on any atom is -0.327 e. The molecule has 0 saturated heterocycles. The minimum atomic E-state index is 0.360. The van der Waals surface area contributed by atoms with Crippen molar-refractivity contribution in [2.45, 2.75) is 58.4 Å². The van der Waals surface area contributed by atoms with Crippen LogP contribution in [0.5, 0.6) is 0 Å². The largest absolute Gasteiger partial charge is 0.327 e. The van der Waals surface area contributed by atoms with Crippen molar-refractivity contribution in [2.75, 3.05) is 0 Å². The molecule has 0 amide bonds. The smallest absolute Gasteiger partial charge is 0.0108 e. The van der Waals surface area contributed by atoms with E-state index >= 15 is 0 Å². The third-order valence-corrected chi connectivity index (χ3v) is 4.41. The second-order valence-corrected chi connectivity index (χ2v) is 5.72. The summed E-state index contributed by atoms with van der Waals surface area (Å²) in [6, 6.07) is 7.18. The lowest BCUT2D eigenvalue weighted by atomic mass is 9.73. The van der Waals surface area contributed by atoms with Gasteiger partial charge in [-0.3, -0.25) is 0 Å². The van der Waals surface area contributed by atoms with Crippen LogP contribution in [0.25, 0.3) is 0 Å². The van der Waals surface area contributed by atoms with Gasteiger partial charge < -0.3 is 5.73 Å². The highest BCUT2D eigenvalue weighted by Crippen LogP contribution is 2.38. The van der Waals surface area contributed by atoms with Gasteiger partial charge in [0.15, 0.2) is 0 Å². The van der Waals surface area contributed by atoms with Gasteiger partial charge in [-0.25, -0.2) is 0 Å². The van der Waals surface area contributed by atoms with Gasteiger partial charge in [-0.05, 0) is 56.1 Å². The first kappa shape index (κ1) is 12.6. The highest BCUT2D eigenvalue weighted by atomic mass is 14.7. The van der Waals surface area contributed by atoms with E-state index in [4.69, 9.17) is 5.73 Å². The average Bonchev–Trinajstić information content (AvgIpc) is 2.30. The van der Waals surface area contributed by atoms with Crippen molar-refractivity contribution in [3.8, 4) is 0 Å². The Balaban J connectivity index is 2.24. The summed E-state index contributed by atoms with van der Waals surface area (Å²) >= 11 is 0. The zero-order valence-electron chi connectivity index (χ0n) is 11.4. The molecular formula is C16H25N. The van der Waals surface area contributed by atoms with Crippen molar-refractivity contribution in [3.63, 3.8) is 0 Å². The molecule has 1 aliphatic rings. The van der Waals surface area contributed by atoms with Crippen LogP contribution in [0.15, 0.2) is 18.2 Å². The van der Waals surface area contributed by atoms with Gasteiger partial charge >= 0.3 is 0 Å². The quantitative estimate of drug-likeness (QED) is 0.820. The van der Waals surface area contributed by atoms with Gasteiger partial charge in [-0.1, -0.05) is 37.1 Å². The predicted octanol–water partition coefficient (Wildman–Crippen LogP) is 3.92. The van der Waals surface area contributed by atoms with Crippen molar-refractivity contribution in [2.24, 2.45) is 11.7 Å². The van der Waals surface area contributed by atoms with Crippen molar-refractivity contribution >= 4 is 0 Å². The Labute approximate surface area is 105 Å². The number of hydrogen-bond acceptors (Lipinski definition) is 1. The highest BCUT2D eigenvalue weighted by Gasteiger charge is 2.29. The van der Waals surface area contributed by atoms with Crippen LogP contribution in [-0.4, -0.2) is 6.04 Å². The maximum atomic E-state index is 6.33. The number of hydrogen-bond donors (Lipinski definition) is 1. The monoisotopic (exact) mass is 231 g/mol. The lowest BCUT2D eigenvalue weighted by molar-refractivity contribution is 0.282. The van der Waals surface area contributed by atoms with Crippen LogP contribution in [0.1, 0.15) is 55.2 Å². The van der Waals surface area contributed by atoms with Crippen LogP contribution >= 0.6 is 0 Å². The molecule has 1 nitrogen and oxygen atoms in total. The first-order valence-electron chi connectivity index (χ1n) is 6.94. The van der Waals surface area contributed by atoms with E-state index in [-0.39, 0.29) is 0 Å². The fourth-order valence-corrected chi connectivity index (χ4v) is 3.25. The van der Waals surface area contributed by atoms with E-state index in [0.29, 0.717) is 12.0 Å². The molecule has 3 unspecified atom stereocenters. The normalized spacial score (nSPS) is 29.3. The SMILES string of the molecule is CCC1CCC(N)C(c2ccc(C)cc2C)C1. The van der Waals surface area contributed by atoms with Crippen LogP contribution in [0.4, 0.5) is 0 Å². The second-order valence-electron chi connectivity index (χ2n) is 5.72. The first-order valence-corrected chi connectivity index (χ1v) is 6.94. The standard InChI is InChI=1S/C16H25N/c1-4-13-6-8-16(17)15(10-13)14-7-5-11(2)9-12(14)3/h5,7,9,13,15-16H,4,6,8,10,17H2,1-3H3. The molecule has 0 spiro atoms. The van der Waals surface area contributed by atoms with Crippen molar-refractivity contribution < 1.29 is 0 Å². The summed E-state index contributed by atoms with van der Waals surface area (Å²) in [5, 5.41) is 0. The molecule has 0 heterocycles. The molecule has 1 aromatic carbocycles. The molecule has 94 valence electrons. The summed E-state index contributed by atoms with van der Waals surface area (Å²) in [6.07, 6.45) is 5.09. The van der Waals surface area contributed by atoms with Crippen LogP contribution in [0.3, 0.4) is 0 Å². The molecule has 3 atom stereocenters. The molecule has 1 heteroatoms. The molecule has 0 radical (unpaired) electrons. The Kier molecular flexibility index (Phi) is 3.88. The highest BCUT2D eigenvalue weighted by molar-refractivity contribution is 5.34. The van der Waals surface area contributed by atoms with E-state index in [1.165, 1.54) is 42.4 Å². The van der Waals surface area contributed by atoms with E-state index in [1.807, 2.05) is 0 Å². The van der Waals surface area contributed by atoms with Crippen molar-refractivity contribution in [1.82, 2.24) is 0 Å². The number of aryl methyl sites for hydroxylation is 2. The van der Waals surface area contributed by atoms with E-state index < -0.39 is 0 Å². The first-order chi connectivity index (χ1) is 8.11. The second kappa shape index (κ2) is 5.22. The predicted molar refractivity (Wildman–Crippen MR) is 74.3 cm³/mol. The van der Waals surface area contributed by atoms with Gasteiger partial charge in [0.05, 0.1) is 0 Å². The molecule has 0 aliphatic heterocycles. The van der Waals surface area contributed by atoms with E-state index in [1.54, 1.807) is 0 Å². The average molecular weight is 231 g/mol. The molecule has 1 aromatic rings. The number of benzene rings is 1. The maximum Gasteiger partial charge on any atom is 0.0108 e. The van der Waals surface area contributed by atoms with Gasteiger partial charge in [0.25, 0.3) is 0 Å². The van der Waals surface area contributed by atoms with Crippen molar-refractivity contribution in [3.05, 3.63) is 34.9 Å². The van der Waals surface area contributed by atoms with Gasteiger partial charge in [0, 0.05) is 6.04 Å². The number of nitrogens with two attached hydrogens (primary N) is 1. The van der Waals surface area contributed by atoms with E-state index in [9.17, 15) is 0 Å². The Morgan fingerprint density at radius 1 is 1.24 bits per heavy atom. The lowest BCUT2D eigenvalue weighted by Gasteiger charge is -2.35. The van der Waals surface area contributed by atoms with Gasteiger partial charge in [0.1, 0.15) is 0 Å². The Morgan fingerprint density at radius 2 is 2.00 bits per heavy atom. The molecule has 1 fully saturated rings. The molecule has 0 aromatic heterocycles. The zero-order valence-corrected chi connectivity index (χ0v) is 11.4. The summed E-state index contributed by atoms with van der Waals surface area (Å²) < 4.78 is 0. The van der Waals surface area contributed by atoms with E-state index in [0.717, 1.165) is 5.92 Å². The summed E-state index contributed by atoms with van der Waals surface area (Å²) in [5.74, 6) is 1.45. The molecule has 2 N–H and O–H groups in total. The third kappa shape index (κ3) is 2.71. The Hall–Kier alpha value is -0.820. The van der Waals surface area contributed by atoms with Gasteiger partial charge in [-0.2, -0.15) is 0 Å². The van der Waals surface area contributed by atoms with Crippen molar-refractivity contribution in [1.29, 1.82) is 0 Å². The molecule has 2 rings (SSSR count). The lowest BCUT2D eigenvalue weighted by Crippen LogP contribution is -2.34. The topological polar surface area (TPSA) is 26.0 Å². The maximum absolute atomic E-state index is 6.33. The van der Waals surface area contributed by atoms with E-state index in [2.05, 4.69) is 39.0 Å². The molecule has 1 saturated carbocycles. The fraction of sp³-hybridized carbons (Fsp3) is 0.625. The van der Waals surface area contributed by atoms with Crippen LogP contribution in [0, 0.1) is 19.8 Å². The third-order valence-electron chi connectivity index (χ3n) is 4.41. The van der Waals surface area contributed by atoms with Crippen LogP contribution in [0.2, 0.25) is 0 Å². The minimum absolute atomic E-state index is 0.360.